The monoisotopic (exact) mass is 220 g/mol. The van der Waals surface area contributed by atoms with Gasteiger partial charge < -0.3 is 11.1 Å². The van der Waals surface area contributed by atoms with Crippen LogP contribution in [0.3, 0.4) is 0 Å². The molecule has 0 fully saturated rings. The number of nitrogens with two attached hydrogens (primary N) is 1. The Labute approximate surface area is 97.0 Å². The second-order valence-electron chi connectivity index (χ2n) is 4.35. The van der Waals surface area contributed by atoms with Gasteiger partial charge in [0.15, 0.2) is 0 Å². The Hall–Kier alpha value is -1.51. The van der Waals surface area contributed by atoms with Crippen molar-refractivity contribution < 1.29 is 4.79 Å². The van der Waals surface area contributed by atoms with Crippen LogP contribution >= 0.6 is 0 Å². The number of rotatable bonds is 5. The fraction of sp³-hybridized carbons (Fsp3) is 0.462. The molecule has 0 aliphatic rings. The molecule has 3 N–H and O–H groups in total. The summed E-state index contributed by atoms with van der Waals surface area (Å²) in [5, 5.41) is 3.42. The van der Waals surface area contributed by atoms with Gasteiger partial charge in [0, 0.05) is 17.3 Å². The van der Waals surface area contributed by atoms with E-state index in [0.717, 1.165) is 12.1 Å². The lowest BCUT2D eigenvalue weighted by Crippen LogP contribution is -2.24. The van der Waals surface area contributed by atoms with E-state index >= 15 is 0 Å². The van der Waals surface area contributed by atoms with Gasteiger partial charge in [-0.25, -0.2) is 0 Å². The summed E-state index contributed by atoms with van der Waals surface area (Å²) in [6.07, 6.45) is 1.05. The minimum Gasteiger partial charge on any atom is -0.382 e. The normalized spacial score (nSPS) is 12.5. The van der Waals surface area contributed by atoms with Gasteiger partial charge in [-0.15, -0.1) is 0 Å². The Balaban J connectivity index is 2.80. The summed E-state index contributed by atoms with van der Waals surface area (Å²) in [4.78, 5) is 11.0. The molecule has 0 spiro atoms. The molecule has 1 aromatic carbocycles. The molecule has 0 saturated carbocycles. The van der Waals surface area contributed by atoms with Crippen molar-refractivity contribution in [2.45, 2.75) is 33.2 Å². The van der Waals surface area contributed by atoms with Crippen LogP contribution < -0.4 is 11.1 Å². The first-order valence-corrected chi connectivity index (χ1v) is 5.71. The molecule has 1 amide bonds. The van der Waals surface area contributed by atoms with Crippen molar-refractivity contribution in [1.82, 2.24) is 0 Å². The maximum Gasteiger partial charge on any atom is 0.248 e. The molecule has 3 nitrogen and oxygen atoms in total. The van der Waals surface area contributed by atoms with Crippen molar-refractivity contribution >= 4 is 11.6 Å². The Morgan fingerprint density at radius 1 is 1.44 bits per heavy atom. The van der Waals surface area contributed by atoms with E-state index in [0.29, 0.717) is 17.5 Å². The Bertz CT molecular complexity index is 361. The fourth-order valence-corrected chi connectivity index (χ4v) is 1.72. The molecule has 0 saturated heterocycles. The molecule has 0 bridgehead atoms. The molecule has 3 heteroatoms. The average molecular weight is 220 g/mol. The number of nitrogens with one attached hydrogen (secondary N) is 1. The van der Waals surface area contributed by atoms with Crippen LogP contribution in [0.25, 0.3) is 0 Å². The van der Waals surface area contributed by atoms with Crippen molar-refractivity contribution in [3.63, 3.8) is 0 Å². The highest BCUT2D eigenvalue weighted by Crippen LogP contribution is 2.16. The summed E-state index contributed by atoms with van der Waals surface area (Å²) >= 11 is 0. The van der Waals surface area contributed by atoms with Gasteiger partial charge in [0.05, 0.1) is 0 Å². The minimum atomic E-state index is -0.388. The summed E-state index contributed by atoms with van der Waals surface area (Å²) in [6, 6.07) is 7.74. The van der Waals surface area contributed by atoms with Crippen LogP contribution in [0.5, 0.6) is 0 Å². The number of hydrogen-bond donors (Lipinski definition) is 2. The number of benzene rings is 1. The molecule has 0 aromatic heterocycles. The number of hydrogen-bond acceptors (Lipinski definition) is 2. The third-order valence-corrected chi connectivity index (χ3v) is 2.74. The molecule has 1 rings (SSSR count). The maximum atomic E-state index is 11.0. The van der Waals surface area contributed by atoms with Gasteiger partial charge in [-0.3, -0.25) is 4.79 Å². The zero-order valence-corrected chi connectivity index (χ0v) is 10.2. The van der Waals surface area contributed by atoms with Crippen molar-refractivity contribution in [2.75, 3.05) is 5.32 Å². The van der Waals surface area contributed by atoms with Gasteiger partial charge in [0.1, 0.15) is 0 Å². The van der Waals surface area contributed by atoms with Crippen molar-refractivity contribution in [3.05, 3.63) is 29.8 Å². The van der Waals surface area contributed by atoms with Crippen LogP contribution in [0.4, 0.5) is 5.69 Å². The topological polar surface area (TPSA) is 55.1 Å². The highest BCUT2D eigenvalue weighted by molar-refractivity contribution is 5.93. The van der Waals surface area contributed by atoms with E-state index in [2.05, 4.69) is 26.1 Å². The molecule has 1 unspecified atom stereocenters. The third-order valence-electron chi connectivity index (χ3n) is 2.74. The van der Waals surface area contributed by atoms with Crippen molar-refractivity contribution in [3.8, 4) is 0 Å². The number of amides is 1. The molecule has 88 valence electrons. The van der Waals surface area contributed by atoms with Gasteiger partial charge in [0.25, 0.3) is 0 Å². The minimum absolute atomic E-state index is 0.388. The van der Waals surface area contributed by atoms with Crippen LogP contribution in [0.15, 0.2) is 24.3 Å². The lowest BCUT2D eigenvalue weighted by atomic mass is 10.0. The number of carbonyl (C=O) groups is 1. The van der Waals surface area contributed by atoms with Crippen molar-refractivity contribution in [2.24, 2.45) is 11.7 Å². The third kappa shape index (κ3) is 3.26. The van der Waals surface area contributed by atoms with Crippen LogP contribution in [0, 0.1) is 5.92 Å². The highest BCUT2D eigenvalue weighted by atomic mass is 16.1. The second-order valence-corrected chi connectivity index (χ2v) is 4.35. The predicted octanol–water partition coefficient (Wildman–Crippen LogP) is 2.63. The molecule has 1 atom stereocenters. The van der Waals surface area contributed by atoms with E-state index in [9.17, 15) is 4.79 Å². The number of primary amides is 1. The van der Waals surface area contributed by atoms with Crippen LogP contribution in [0.1, 0.15) is 37.6 Å². The Morgan fingerprint density at radius 2 is 2.12 bits per heavy atom. The summed E-state index contributed by atoms with van der Waals surface area (Å²) in [7, 11) is 0. The van der Waals surface area contributed by atoms with Gasteiger partial charge in [-0.05, 0) is 30.5 Å². The first-order valence-electron chi connectivity index (χ1n) is 5.71. The SMILES string of the molecule is CCC(Nc1cccc(C(N)=O)c1)C(C)C. The Kier molecular flexibility index (Phi) is 4.35. The van der Waals surface area contributed by atoms with Crippen LogP contribution in [-0.4, -0.2) is 11.9 Å². The van der Waals surface area contributed by atoms with E-state index in [4.69, 9.17) is 5.73 Å². The first-order chi connectivity index (χ1) is 7.54. The summed E-state index contributed by atoms with van der Waals surface area (Å²) in [5.74, 6) is 0.170. The number of carbonyl (C=O) groups excluding carboxylic acids is 1. The average Bonchev–Trinajstić information content (AvgIpc) is 2.25. The molecule has 0 radical (unpaired) electrons. The standard InChI is InChI=1S/C13H20N2O/c1-4-12(9(2)3)15-11-7-5-6-10(8-11)13(14)16/h5-9,12,15H,4H2,1-3H3,(H2,14,16). The van der Waals surface area contributed by atoms with Gasteiger partial charge >= 0.3 is 0 Å². The summed E-state index contributed by atoms with van der Waals surface area (Å²) in [5.41, 5.74) is 6.74. The smallest absolute Gasteiger partial charge is 0.248 e. The van der Waals surface area contributed by atoms with Gasteiger partial charge in [0.2, 0.25) is 5.91 Å². The quantitative estimate of drug-likeness (QED) is 0.801. The number of anilines is 1. The van der Waals surface area contributed by atoms with Crippen LogP contribution in [0.2, 0.25) is 0 Å². The van der Waals surface area contributed by atoms with Gasteiger partial charge in [-0.2, -0.15) is 0 Å². The first kappa shape index (κ1) is 12.6. The zero-order chi connectivity index (χ0) is 12.1. The Morgan fingerprint density at radius 3 is 2.62 bits per heavy atom. The van der Waals surface area contributed by atoms with E-state index < -0.39 is 0 Å². The molecule has 1 aromatic rings. The molecular formula is C13H20N2O. The molecular weight excluding hydrogens is 200 g/mol. The molecule has 0 aliphatic carbocycles. The van der Waals surface area contributed by atoms with Gasteiger partial charge in [-0.1, -0.05) is 26.8 Å². The maximum absolute atomic E-state index is 11.0. The highest BCUT2D eigenvalue weighted by Gasteiger charge is 2.11. The lowest BCUT2D eigenvalue weighted by molar-refractivity contribution is 0.100. The molecule has 0 aliphatic heterocycles. The van der Waals surface area contributed by atoms with E-state index in [1.54, 1.807) is 12.1 Å². The predicted molar refractivity (Wildman–Crippen MR) is 67.5 cm³/mol. The van der Waals surface area contributed by atoms with E-state index in [1.165, 1.54) is 0 Å². The molecule has 0 heterocycles. The summed E-state index contributed by atoms with van der Waals surface area (Å²) < 4.78 is 0. The van der Waals surface area contributed by atoms with E-state index in [-0.39, 0.29) is 5.91 Å². The second kappa shape index (κ2) is 5.54. The fourth-order valence-electron chi connectivity index (χ4n) is 1.72. The lowest BCUT2D eigenvalue weighted by Gasteiger charge is -2.22. The zero-order valence-electron chi connectivity index (χ0n) is 10.2. The van der Waals surface area contributed by atoms with Crippen molar-refractivity contribution in [1.29, 1.82) is 0 Å². The summed E-state index contributed by atoms with van der Waals surface area (Å²) in [6.45, 7) is 6.51. The van der Waals surface area contributed by atoms with E-state index in [1.807, 2.05) is 12.1 Å². The van der Waals surface area contributed by atoms with Crippen LogP contribution in [-0.2, 0) is 0 Å². The molecule has 16 heavy (non-hydrogen) atoms. The largest absolute Gasteiger partial charge is 0.382 e.